The van der Waals surface area contributed by atoms with Gasteiger partial charge in [0.05, 0.1) is 5.92 Å². The van der Waals surface area contributed by atoms with Crippen molar-refractivity contribution in [1.29, 1.82) is 0 Å². The molecule has 0 fully saturated rings. The lowest BCUT2D eigenvalue weighted by atomic mass is 10.0. The van der Waals surface area contributed by atoms with Crippen LogP contribution in [0.2, 0.25) is 0 Å². The first-order chi connectivity index (χ1) is 9.95. The highest BCUT2D eigenvalue weighted by molar-refractivity contribution is 9.10. The number of benzene rings is 2. The molecule has 0 spiro atoms. The van der Waals surface area contributed by atoms with Crippen molar-refractivity contribution in [3.63, 3.8) is 0 Å². The van der Waals surface area contributed by atoms with Gasteiger partial charge >= 0.3 is 5.97 Å². The van der Waals surface area contributed by atoms with Gasteiger partial charge in [-0.3, -0.25) is 4.79 Å². The number of carbonyl (C=O) groups is 1. The number of rotatable bonds is 4. The lowest BCUT2D eigenvalue weighted by Crippen LogP contribution is -2.13. The fourth-order valence-corrected chi connectivity index (χ4v) is 2.45. The van der Waals surface area contributed by atoms with Gasteiger partial charge in [0.15, 0.2) is 0 Å². The summed E-state index contributed by atoms with van der Waals surface area (Å²) in [5.41, 5.74) is 7.68. The van der Waals surface area contributed by atoms with E-state index in [1.165, 1.54) is 12.1 Å². The molecule has 21 heavy (non-hydrogen) atoms. The fraction of sp³-hybridized carbons (Fsp3) is 0.188. The van der Waals surface area contributed by atoms with Crippen LogP contribution in [-0.2, 0) is 16.1 Å². The Balaban J connectivity index is 2.01. The number of anilines is 1. The number of carbonyl (C=O) groups excluding carboxylic acids is 1. The Morgan fingerprint density at radius 2 is 2.10 bits per heavy atom. The van der Waals surface area contributed by atoms with Gasteiger partial charge in [-0.1, -0.05) is 28.1 Å². The van der Waals surface area contributed by atoms with E-state index < -0.39 is 5.92 Å². The largest absolute Gasteiger partial charge is 0.460 e. The maximum Gasteiger partial charge on any atom is 0.313 e. The van der Waals surface area contributed by atoms with Crippen LogP contribution in [0.15, 0.2) is 46.9 Å². The molecule has 3 nitrogen and oxygen atoms in total. The zero-order chi connectivity index (χ0) is 15.4. The number of ether oxygens (including phenoxy) is 1. The van der Waals surface area contributed by atoms with Crippen LogP contribution in [0.1, 0.15) is 24.0 Å². The average Bonchev–Trinajstić information content (AvgIpc) is 2.43. The summed E-state index contributed by atoms with van der Waals surface area (Å²) in [6.07, 6.45) is 0. The van der Waals surface area contributed by atoms with Gasteiger partial charge in [0.1, 0.15) is 12.4 Å². The van der Waals surface area contributed by atoms with Gasteiger partial charge in [-0.05, 0) is 48.4 Å². The Hall–Kier alpha value is -1.88. The van der Waals surface area contributed by atoms with Crippen LogP contribution in [0.25, 0.3) is 0 Å². The van der Waals surface area contributed by atoms with Crippen molar-refractivity contribution in [1.82, 2.24) is 0 Å². The number of nitrogen functional groups attached to an aromatic ring is 1. The maximum atomic E-state index is 13.2. The van der Waals surface area contributed by atoms with Gasteiger partial charge in [0.2, 0.25) is 0 Å². The van der Waals surface area contributed by atoms with Crippen LogP contribution in [0.3, 0.4) is 0 Å². The second kappa shape index (κ2) is 6.72. The molecule has 0 saturated heterocycles. The van der Waals surface area contributed by atoms with Crippen LogP contribution in [-0.4, -0.2) is 5.97 Å². The van der Waals surface area contributed by atoms with Crippen LogP contribution in [0.4, 0.5) is 10.1 Å². The van der Waals surface area contributed by atoms with Crippen LogP contribution in [0, 0.1) is 5.82 Å². The van der Waals surface area contributed by atoms with Crippen LogP contribution in [0.5, 0.6) is 0 Å². The standard InChI is InChI=1S/C16H15BrFNO2/c1-10(12-3-2-4-15(19)7-12)16(20)21-9-11-5-13(17)8-14(18)6-11/h2-8,10H,9,19H2,1H3. The third-order valence-electron chi connectivity index (χ3n) is 3.07. The van der Waals surface area contributed by atoms with Crippen molar-refractivity contribution >= 4 is 27.6 Å². The molecule has 5 heteroatoms. The molecular formula is C16H15BrFNO2. The first-order valence-corrected chi connectivity index (χ1v) is 7.22. The Kier molecular flexibility index (Phi) is 4.96. The molecule has 110 valence electrons. The minimum Gasteiger partial charge on any atom is -0.460 e. The van der Waals surface area contributed by atoms with Crippen molar-refractivity contribution in [3.05, 3.63) is 63.9 Å². The fourth-order valence-electron chi connectivity index (χ4n) is 1.94. The highest BCUT2D eigenvalue weighted by Crippen LogP contribution is 2.21. The molecule has 0 aliphatic carbocycles. The molecule has 2 rings (SSSR count). The van der Waals surface area contributed by atoms with Crippen molar-refractivity contribution in [2.75, 3.05) is 5.73 Å². The Morgan fingerprint density at radius 3 is 2.76 bits per heavy atom. The van der Waals surface area contributed by atoms with Crippen molar-refractivity contribution in [2.45, 2.75) is 19.4 Å². The summed E-state index contributed by atoms with van der Waals surface area (Å²) in [6, 6.07) is 11.5. The molecule has 0 aromatic heterocycles. The minimum absolute atomic E-state index is 0.0296. The summed E-state index contributed by atoms with van der Waals surface area (Å²) in [6.45, 7) is 1.78. The molecule has 0 radical (unpaired) electrons. The topological polar surface area (TPSA) is 52.3 Å². The normalized spacial score (nSPS) is 12.0. The lowest BCUT2D eigenvalue weighted by Gasteiger charge is -2.12. The summed E-state index contributed by atoms with van der Waals surface area (Å²) in [5, 5.41) is 0. The quantitative estimate of drug-likeness (QED) is 0.668. The Labute approximate surface area is 131 Å². The molecule has 0 amide bonds. The van der Waals surface area contributed by atoms with E-state index in [1.54, 1.807) is 31.2 Å². The number of nitrogens with two attached hydrogens (primary N) is 1. The third-order valence-corrected chi connectivity index (χ3v) is 3.53. The van der Waals surface area contributed by atoms with E-state index in [-0.39, 0.29) is 18.4 Å². The molecule has 2 aromatic rings. The third kappa shape index (κ3) is 4.29. The molecule has 0 aliphatic rings. The van der Waals surface area contributed by atoms with Crippen LogP contribution >= 0.6 is 15.9 Å². The highest BCUT2D eigenvalue weighted by atomic mass is 79.9. The van der Waals surface area contributed by atoms with E-state index in [0.717, 1.165) is 5.56 Å². The maximum absolute atomic E-state index is 13.2. The summed E-state index contributed by atoms with van der Waals surface area (Å²) in [5.74, 6) is -1.18. The monoisotopic (exact) mass is 351 g/mol. The first kappa shape index (κ1) is 15.5. The molecular weight excluding hydrogens is 337 g/mol. The Bertz CT molecular complexity index is 640. The van der Waals surface area contributed by atoms with Gasteiger partial charge in [0, 0.05) is 10.2 Å². The smallest absolute Gasteiger partial charge is 0.313 e. The molecule has 0 aliphatic heterocycles. The van der Waals surface area contributed by atoms with E-state index in [4.69, 9.17) is 10.5 Å². The van der Waals surface area contributed by atoms with E-state index in [2.05, 4.69) is 15.9 Å². The lowest BCUT2D eigenvalue weighted by molar-refractivity contribution is -0.146. The number of hydrogen-bond donors (Lipinski definition) is 1. The zero-order valence-corrected chi connectivity index (χ0v) is 13.1. The summed E-state index contributed by atoms with van der Waals surface area (Å²) in [7, 11) is 0. The summed E-state index contributed by atoms with van der Waals surface area (Å²) < 4.78 is 19.1. The van der Waals surface area contributed by atoms with E-state index >= 15 is 0 Å². The van der Waals surface area contributed by atoms with Gasteiger partial charge in [-0.2, -0.15) is 0 Å². The molecule has 0 heterocycles. The van der Waals surface area contributed by atoms with Crippen molar-refractivity contribution in [3.8, 4) is 0 Å². The van der Waals surface area contributed by atoms with Gasteiger partial charge in [0.25, 0.3) is 0 Å². The van der Waals surface area contributed by atoms with Gasteiger partial charge in [-0.15, -0.1) is 0 Å². The second-order valence-electron chi connectivity index (χ2n) is 4.78. The highest BCUT2D eigenvalue weighted by Gasteiger charge is 2.17. The molecule has 0 bridgehead atoms. The number of esters is 1. The van der Waals surface area contributed by atoms with Crippen LogP contribution < -0.4 is 5.73 Å². The first-order valence-electron chi connectivity index (χ1n) is 6.43. The van der Waals surface area contributed by atoms with E-state index in [0.29, 0.717) is 15.7 Å². The minimum atomic E-state index is -0.425. The molecule has 1 unspecified atom stereocenters. The zero-order valence-electron chi connectivity index (χ0n) is 11.5. The number of halogens is 2. The van der Waals surface area contributed by atoms with Gasteiger partial charge < -0.3 is 10.5 Å². The summed E-state index contributed by atoms with van der Waals surface area (Å²) >= 11 is 3.20. The average molecular weight is 352 g/mol. The predicted octanol–water partition coefficient (Wildman–Crippen LogP) is 4.02. The summed E-state index contributed by atoms with van der Waals surface area (Å²) in [4.78, 5) is 12.0. The predicted molar refractivity (Wildman–Crippen MR) is 83.2 cm³/mol. The number of hydrogen-bond acceptors (Lipinski definition) is 3. The molecule has 2 aromatic carbocycles. The Morgan fingerprint density at radius 1 is 1.33 bits per heavy atom. The van der Waals surface area contributed by atoms with E-state index in [1.807, 2.05) is 6.07 Å². The van der Waals surface area contributed by atoms with E-state index in [9.17, 15) is 9.18 Å². The second-order valence-corrected chi connectivity index (χ2v) is 5.69. The SMILES string of the molecule is CC(C(=O)OCc1cc(F)cc(Br)c1)c1cccc(N)c1. The van der Waals surface area contributed by atoms with Gasteiger partial charge in [-0.25, -0.2) is 4.39 Å². The van der Waals surface area contributed by atoms with Crippen molar-refractivity contribution < 1.29 is 13.9 Å². The molecule has 1 atom stereocenters. The molecule has 0 saturated carbocycles. The molecule has 2 N–H and O–H groups in total. The van der Waals surface area contributed by atoms with Crippen molar-refractivity contribution in [2.24, 2.45) is 0 Å².